The van der Waals surface area contributed by atoms with Gasteiger partial charge < -0.3 is 21.6 Å². The van der Waals surface area contributed by atoms with Gasteiger partial charge in [0.25, 0.3) is 5.09 Å². The molecule has 0 spiro atoms. The zero-order valence-electron chi connectivity index (χ0n) is 3.79. The molecule has 8 heavy (non-hydrogen) atoms. The Kier molecular flexibility index (Phi) is 141. The van der Waals surface area contributed by atoms with Crippen LogP contribution in [-0.2, 0) is 32.7 Å². The van der Waals surface area contributed by atoms with E-state index >= 15 is 0 Å². The molecule has 8 heteroatoms. The Morgan fingerprint density at radius 2 is 1.25 bits per heavy atom. The van der Waals surface area contributed by atoms with E-state index in [4.69, 9.17) is 15.3 Å². The summed E-state index contributed by atoms with van der Waals surface area (Å²) in [6.07, 6.45) is 0. The van der Waals surface area contributed by atoms with Gasteiger partial charge in [0.05, 0.1) is 0 Å². The van der Waals surface area contributed by atoms with Gasteiger partial charge in [0.15, 0.2) is 0 Å². The van der Waals surface area contributed by atoms with Crippen LogP contribution in [0.25, 0.3) is 0 Å². The summed E-state index contributed by atoms with van der Waals surface area (Å²) in [6, 6.07) is 0. The maximum atomic E-state index is 8.36. The summed E-state index contributed by atoms with van der Waals surface area (Å²) in [5.41, 5.74) is 0. The van der Waals surface area contributed by atoms with Crippen LogP contribution in [0.2, 0.25) is 0 Å². The van der Waals surface area contributed by atoms with Crippen LogP contribution in [0.3, 0.4) is 0 Å². The second kappa shape index (κ2) is 27.1. The molecule has 0 saturated heterocycles. The van der Waals surface area contributed by atoms with Crippen molar-refractivity contribution in [2.75, 3.05) is 0 Å². The minimum atomic E-state index is -1.50. The van der Waals surface area contributed by atoms with Crippen molar-refractivity contribution >= 4 is 0 Å². The molecule has 7 nitrogen and oxygen atoms in total. The molecule has 0 aromatic rings. The van der Waals surface area contributed by atoms with Gasteiger partial charge in [-0.3, -0.25) is 0 Å². The van der Waals surface area contributed by atoms with E-state index in [9.17, 15) is 0 Å². The van der Waals surface area contributed by atoms with E-state index in [1.54, 1.807) is 0 Å². The second-order valence-corrected chi connectivity index (χ2v) is 0.238. The third kappa shape index (κ3) is 4910. The molecule has 0 heterocycles. The minimum absolute atomic E-state index is 0. The maximum Gasteiger partial charge on any atom is 0.291 e. The van der Waals surface area contributed by atoms with Crippen LogP contribution in [0.5, 0.6) is 0 Å². The molecule has 0 saturated carbocycles. The van der Waals surface area contributed by atoms with Crippen molar-refractivity contribution in [3.8, 4) is 0 Å². The molecule has 0 rings (SSSR count). The molecule has 0 aliphatic heterocycles. The number of hydrogen-bond donors (Lipinski definition) is 1. The SMILES string of the molecule is O.O.O.O=[N+]([O-])O.[Y]. The molecule has 0 aliphatic carbocycles. The van der Waals surface area contributed by atoms with Crippen LogP contribution in [0.1, 0.15) is 0 Å². The molecule has 51 valence electrons. The Bertz CT molecular complexity index is 31.5. The van der Waals surface area contributed by atoms with Gasteiger partial charge >= 0.3 is 0 Å². The van der Waals surface area contributed by atoms with E-state index in [2.05, 4.69) is 0 Å². The van der Waals surface area contributed by atoms with E-state index in [0.717, 1.165) is 0 Å². The van der Waals surface area contributed by atoms with Gasteiger partial charge in [-0.1, -0.05) is 0 Å². The predicted octanol–water partition coefficient (Wildman–Crippen LogP) is -2.82. The van der Waals surface area contributed by atoms with Crippen LogP contribution < -0.4 is 0 Å². The second-order valence-electron chi connectivity index (χ2n) is 0.238. The molecule has 0 aromatic heterocycles. The van der Waals surface area contributed by atoms with E-state index in [1.165, 1.54) is 0 Å². The monoisotopic (exact) mass is 206 g/mol. The zero-order valence-corrected chi connectivity index (χ0v) is 6.63. The van der Waals surface area contributed by atoms with Crippen molar-refractivity contribution in [1.82, 2.24) is 0 Å². The standard InChI is InChI=1S/HNO3.3H2O.Y/c2-1(3)4;;;;/h(H,2,3,4);3*1H2;. The maximum absolute atomic E-state index is 8.36. The van der Waals surface area contributed by atoms with Crippen molar-refractivity contribution in [2.45, 2.75) is 0 Å². The molecule has 0 amide bonds. The topological polar surface area (TPSA) is 158 Å². The van der Waals surface area contributed by atoms with Crippen molar-refractivity contribution in [3.05, 3.63) is 10.1 Å². The number of hydrogen-bond acceptors (Lipinski definition) is 2. The van der Waals surface area contributed by atoms with Crippen LogP contribution in [0, 0.1) is 10.1 Å². The van der Waals surface area contributed by atoms with Crippen molar-refractivity contribution < 1.29 is 59.4 Å². The molecular formula is H7NO6Y. The molecule has 7 N–H and O–H groups in total. The van der Waals surface area contributed by atoms with Crippen molar-refractivity contribution in [3.63, 3.8) is 0 Å². The number of rotatable bonds is 0. The van der Waals surface area contributed by atoms with E-state index < -0.39 is 5.09 Å². The van der Waals surface area contributed by atoms with E-state index in [-0.39, 0.29) is 49.1 Å². The van der Waals surface area contributed by atoms with Gasteiger partial charge in [0.2, 0.25) is 0 Å². The van der Waals surface area contributed by atoms with Crippen LogP contribution in [-0.4, -0.2) is 26.7 Å². The van der Waals surface area contributed by atoms with Gasteiger partial charge in [-0.25, -0.2) is 0 Å². The first-order valence-electron chi connectivity index (χ1n) is 0.565. The third-order valence-electron chi connectivity index (χ3n) is 0. The quantitative estimate of drug-likeness (QED) is 0.335. The van der Waals surface area contributed by atoms with Gasteiger partial charge in [0, 0.05) is 32.7 Å². The fourth-order valence-electron chi connectivity index (χ4n) is 0. The molecular weight excluding hydrogens is 199 g/mol. The Morgan fingerprint density at radius 3 is 1.25 bits per heavy atom. The summed E-state index contributed by atoms with van der Waals surface area (Å²) in [5, 5.41) is 13.6. The smallest absolute Gasteiger partial charge is 0.291 e. The first-order chi connectivity index (χ1) is 1.73. The first kappa shape index (κ1) is 41.7. The summed E-state index contributed by atoms with van der Waals surface area (Å²) in [4.78, 5) is 8.36. The normalized spacial score (nSPS) is 3.00. The minimum Gasteiger partial charge on any atom is -0.412 e. The van der Waals surface area contributed by atoms with Gasteiger partial charge in [0.1, 0.15) is 0 Å². The molecule has 0 bridgehead atoms. The fourth-order valence-corrected chi connectivity index (χ4v) is 0. The molecule has 0 atom stereocenters. The van der Waals surface area contributed by atoms with Crippen LogP contribution in [0.15, 0.2) is 0 Å². The van der Waals surface area contributed by atoms with E-state index in [1.807, 2.05) is 0 Å². The van der Waals surface area contributed by atoms with Crippen molar-refractivity contribution in [1.29, 1.82) is 0 Å². The van der Waals surface area contributed by atoms with Crippen molar-refractivity contribution in [2.24, 2.45) is 0 Å². The largest absolute Gasteiger partial charge is 0.412 e. The summed E-state index contributed by atoms with van der Waals surface area (Å²) in [6.45, 7) is 0. The third-order valence-corrected chi connectivity index (χ3v) is 0. The summed E-state index contributed by atoms with van der Waals surface area (Å²) in [5.74, 6) is 0. The summed E-state index contributed by atoms with van der Waals surface area (Å²) >= 11 is 0. The van der Waals surface area contributed by atoms with Gasteiger partial charge in [-0.2, -0.15) is 0 Å². The molecule has 1 radical (unpaired) electrons. The Labute approximate surface area is 69.6 Å². The van der Waals surface area contributed by atoms with E-state index in [0.29, 0.717) is 0 Å². The summed E-state index contributed by atoms with van der Waals surface area (Å²) < 4.78 is 0. The Hall–Kier alpha value is 0.184. The average Bonchev–Trinajstić information content (AvgIpc) is 0.811. The van der Waals surface area contributed by atoms with Crippen LogP contribution in [0.4, 0.5) is 0 Å². The Balaban J connectivity index is -0.00000000750. The van der Waals surface area contributed by atoms with Gasteiger partial charge in [-0.15, -0.1) is 10.1 Å². The van der Waals surface area contributed by atoms with Crippen LogP contribution >= 0.6 is 0 Å². The zero-order chi connectivity index (χ0) is 3.58. The first-order valence-corrected chi connectivity index (χ1v) is 0.565. The molecule has 0 aliphatic rings. The molecule has 0 aromatic carbocycles. The predicted molar refractivity (Wildman–Crippen MR) is 19.6 cm³/mol. The molecule has 0 unspecified atom stereocenters. The number of nitrogens with zero attached hydrogens (tertiary/aromatic N) is 1. The Morgan fingerprint density at radius 1 is 1.25 bits per heavy atom. The fraction of sp³-hybridized carbons (Fsp3) is 0. The average molecular weight is 206 g/mol. The van der Waals surface area contributed by atoms with Gasteiger partial charge in [-0.05, 0) is 0 Å². The molecule has 0 fully saturated rings. The summed E-state index contributed by atoms with van der Waals surface area (Å²) in [7, 11) is 0.